The smallest absolute Gasteiger partial charge is 0.410 e. The highest BCUT2D eigenvalue weighted by atomic mass is 32.2. The Bertz CT molecular complexity index is 942. The topological polar surface area (TPSA) is 92.8 Å². The van der Waals surface area contributed by atoms with Crippen molar-refractivity contribution in [3.63, 3.8) is 0 Å². The molecule has 1 fully saturated rings. The number of amides is 2. The molecule has 3 rings (SSSR count). The third-order valence-electron chi connectivity index (χ3n) is 4.09. The summed E-state index contributed by atoms with van der Waals surface area (Å²) in [7, 11) is -4.00. The van der Waals surface area contributed by atoms with E-state index < -0.39 is 33.7 Å². The molecule has 1 aromatic carbocycles. The maximum Gasteiger partial charge on any atom is 0.410 e. The zero-order valence-electron chi connectivity index (χ0n) is 15.4. The van der Waals surface area contributed by atoms with Crippen molar-refractivity contribution in [2.24, 2.45) is 0 Å². The first-order chi connectivity index (χ1) is 12.6. The average Bonchev–Trinajstić information content (AvgIpc) is 3.20. The van der Waals surface area contributed by atoms with Gasteiger partial charge in [-0.05, 0) is 51.1 Å². The van der Waals surface area contributed by atoms with E-state index in [-0.39, 0.29) is 4.21 Å². The lowest BCUT2D eigenvalue weighted by molar-refractivity contribution is -0.123. The summed E-state index contributed by atoms with van der Waals surface area (Å²) >= 11 is 1.10. The van der Waals surface area contributed by atoms with Crippen LogP contribution in [0.4, 0.5) is 4.79 Å². The molecule has 2 amide bonds. The van der Waals surface area contributed by atoms with E-state index in [1.165, 1.54) is 11.0 Å². The summed E-state index contributed by atoms with van der Waals surface area (Å²) in [6.45, 7) is 5.57. The molecule has 1 aromatic heterocycles. The summed E-state index contributed by atoms with van der Waals surface area (Å²) in [4.78, 5) is 26.2. The van der Waals surface area contributed by atoms with Gasteiger partial charge in [-0.15, -0.1) is 11.3 Å². The van der Waals surface area contributed by atoms with Crippen LogP contribution in [0.3, 0.4) is 0 Å². The number of nitrogens with one attached hydrogen (secondary N) is 1. The van der Waals surface area contributed by atoms with E-state index in [0.717, 1.165) is 21.4 Å². The van der Waals surface area contributed by atoms with Gasteiger partial charge >= 0.3 is 6.09 Å². The van der Waals surface area contributed by atoms with Gasteiger partial charge in [-0.2, -0.15) is 0 Å². The molecule has 0 radical (unpaired) electrons. The second kappa shape index (κ2) is 7.12. The van der Waals surface area contributed by atoms with Crippen molar-refractivity contribution in [2.75, 3.05) is 6.54 Å². The number of nitrogens with zero attached hydrogens (tertiary/aromatic N) is 1. The molecule has 1 N–H and O–H groups in total. The predicted molar refractivity (Wildman–Crippen MR) is 103 cm³/mol. The molecule has 1 atom stereocenters. The third kappa shape index (κ3) is 4.41. The minimum Gasteiger partial charge on any atom is -0.444 e. The van der Waals surface area contributed by atoms with Gasteiger partial charge in [-0.1, -0.05) is 18.2 Å². The Hall–Kier alpha value is -2.13. The van der Waals surface area contributed by atoms with E-state index in [1.807, 2.05) is 24.3 Å². The van der Waals surface area contributed by atoms with Gasteiger partial charge in [-0.25, -0.2) is 17.9 Å². The lowest BCUT2D eigenvalue weighted by Gasteiger charge is -2.27. The predicted octanol–water partition coefficient (Wildman–Crippen LogP) is 3.11. The number of carbonyl (C=O) groups is 2. The number of benzene rings is 1. The van der Waals surface area contributed by atoms with E-state index >= 15 is 0 Å². The summed E-state index contributed by atoms with van der Waals surface area (Å²) in [5, 5.41) is 0.798. The van der Waals surface area contributed by atoms with Crippen LogP contribution in [0.1, 0.15) is 33.6 Å². The van der Waals surface area contributed by atoms with Crippen LogP contribution in [0.25, 0.3) is 10.1 Å². The molecular formula is C18H22N2O5S2. The van der Waals surface area contributed by atoms with Gasteiger partial charge in [0.2, 0.25) is 0 Å². The zero-order chi connectivity index (χ0) is 19.8. The Balaban J connectivity index is 1.76. The maximum atomic E-state index is 12.6. The van der Waals surface area contributed by atoms with Crippen LogP contribution >= 0.6 is 11.3 Å². The molecule has 7 nitrogen and oxygen atoms in total. The third-order valence-corrected chi connectivity index (χ3v) is 7.02. The highest BCUT2D eigenvalue weighted by Crippen LogP contribution is 2.29. The second-order valence-electron chi connectivity index (χ2n) is 7.40. The van der Waals surface area contributed by atoms with E-state index in [9.17, 15) is 18.0 Å². The van der Waals surface area contributed by atoms with Gasteiger partial charge in [-0.3, -0.25) is 9.69 Å². The number of hydrogen-bond donors (Lipinski definition) is 1. The van der Waals surface area contributed by atoms with E-state index in [4.69, 9.17) is 4.74 Å². The molecule has 0 bridgehead atoms. The van der Waals surface area contributed by atoms with Crippen LogP contribution < -0.4 is 4.72 Å². The minimum absolute atomic E-state index is 0.0684. The summed E-state index contributed by atoms with van der Waals surface area (Å²) in [6.07, 6.45) is 0.396. The fourth-order valence-electron chi connectivity index (χ4n) is 2.92. The van der Waals surface area contributed by atoms with Crippen molar-refractivity contribution in [2.45, 2.75) is 49.5 Å². The van der Waals surface area contributed by atoms with E-state index in [1.54, 1.807) is 20.8 Å². The minimum atomic E-state index is -4.00. The Kier molecular flexibility index (Phi) is 5.18. The Labute approximate surface area is 162 Å². The summed E-state index contributed by atoms with van der Waals surface area (Å²) < 4.78 is 33.6. The Morgan fingerprint density at radius 1 is 1.26 bits per heavy atom. The van der Waals surface area contributed by atoms with Gasteiger partial charge < -0.3 is 4.74 Å². The largest absolute Gasteiger partial charge is 0.444 e. The van der Waals surface area contributed by atoms with Crippen LogP contribution in [0.15, 0.2) is 34.5 Å². The Morgan fingerprint density at radius 2 is 1.96 bits per heavy atom. The zero-order valence-corrected chi connectivity index (χ0v) is 17.0. The van der Waals surface area contributed by atoms with Gasteiger partial charge in [0.25, 0.3) is 15.9 Å². The second-order valence-corrected chi connectivity index (χ2v) is 10.4. The number of hydrogen-bond acceptors (Lipinski definition) is 6. The van der Waals surface area contributed by atoms with Crippen LogP contribution in [-0.2, 0) is 19.6 Å². The molecule has 1 aliphatic heterocycles. The normalized spacial score (nSPS) is 17.9. The molecule has 27 heavy (non-hydrogen) atoms. The van der Waals surface area contributed by atoms with Gasteiger partial charge in [0.1, 0.15) is 15.9 Å². The van der Waals surface area contributed by atoms with Crippen LogP contribution in [0.2, 0.25) is 0 Å². The number of sulfonamides is 1. The monoisotopic (exact) mass is 410 g/mol. The number of fused-ring (bicyclic) bond motifs is 1. The highest BCUT2D eigenvalue weighted by Gasteiger charge is 2.38. The molecule has 1 saturated heterocycles. The van der Waals surface area contributed by atoms with Crippen molar-refractivity contribution < 1.29 is 22.7 Å². The molecule has 146 valence electrons. The average molecular weight is 411 g/mol. The van der Waals surface area contributed by atoms with Crippen molar-refractivity contribution >= 4 is 43.4 Å². The first-order valence-electron chi connectivity index (χ1n) is 8.62. The molecule has 2 aromatic rings. The molecule has 2 heterocycles. The Morgan fingerprint density at radius 3 is 2.63 bits per heavy atom. The lowest BCUT2D eigenvalue weighted by atomic mass is 10.2. The van der Waals surface area contributed by atoms with Gasteiger partial charge in [0.15, 0.2) is 0 Å². The van der Waals surface area contributed by atoms with Crippen molar-refractivity contribution in [3.8, 4) is 0 Å². The number of thiophene rings is 1. The summed E-state index contributed by atoms with van der Waals surface area (Å²) in [5.41, 5.74) is -0.691. The van der Waals surface area contributed by atoms with Crippen LogP contribution in [0, 0.1) is 0 Å². The highest BCUT2D eigenvalue weighted by molar-refractivity contribution is 7.92. The van der Waals surface area contributed by atoms with Gasteiger partial charge in [0.05, 0.1) is 0 Å². The maximum absolute atomic E-state index is 12.6. The lowest BCUT2D eigenvalue weighted by Crippen LogP contribution is -2.48. The van der Waals surface area contributed by atoms with Gasteiger partial charge in [0, 0.05) is 11.2 Å². The summed E-state index contributed by atoms with van der Waals surface area (Å²) in [5.74, 6) is -0.712. The molecule has 1 aliphatic rings. The van der Waals surface area contributed by atoms with Crippen LogP contribution in [0.5, 0.6) is 0 Å². The molecule has 0 aliphatic carbocycles. The number of ether oxygens (including phenoxy) is 1. The number of rotatable bonds is 3. The molecule has 0 unspecified atom stereocenters. The summed E-state index contributed by atoms with van der Waals surface area (Å²) in [6, 6.07) is 7.96. The standard InChI is InChI=1S/C18H22N2O5S2/c1-18(2,3)25-17(22)20-10-6-8-13(20)16(21)19-27(23,24)15-11-12-7-4-5-9-14(12)26-15/h4-5,7,9,11,13H,6,8,10H2,1-3H3,(H,19,21)/t13-/m0/s1. The first kappa shape index (κ1) is 19.6. The fourth-order valence-corrected chi connectivity index (χ4v) is 5.33. The number of carbonyl (C=O) groups excluding carboxylic acids is 2. The van der Waals surface area contributed by atoms with E-state index in [0.29, 0.717) is 19.4 Å². The first-order valence-corrected chi connectivity index (χ1v) is 10.9. The fraction of sp³-hybridized carbons (Fsp3) is 0.444. The van der Waals surface area contributed by atoms with Crippen molar-refractivity contribution in [3.05, 3.63) is 30.3 Å². The molecule has 0 saturated carbocycles. The van der Waals surface area contributed by atoms with Crippen molar-refractivity contribution in [1.82, 2.24) is 9.62 Å². The molecule has 0 spiro atoms. The quantitative estimate of drug-likeness (QED) is 0.839. The molecule has 9 heteroatoms. The molecular weight excluding hydrogens is 388 g/mol. The van der Waals surface area contributed by atoms with Crippen molar-refractivity contribution in [1.29, 1.82) is 0 Å². The van der Waals surface area contributed by atoms with Crippen LogP contribution in [-0.4, -0.2) is 43.5 Å². The SMILES string of the molecule is CC(C)(C)OC(=O)N1CCC[C@H]1C(=O)NS(=O)(=O)c1cc2ccccc2s1. The van der Waals surface area contributed by atoms with E-state index in [2.05, 4.69) is 4.72 Å². The number of likely N-dealkylation sites (tertiary alicyclic amines) is 1.